The molecule has 0 radical (unpaired) electrons. The first-order valence-electron chi connectivity index (χ1n) is 6.85. The van der Waals surface area contributed by atoms with Crippen LogP contribution >= 0.6 is 0 Å². The summed E-state index contributed by atoms with van der Waals surface area (Å²) in [6, 6.07) is 9.54. The third-order valence-electron chi connectivity index (χ3n) is 3.48. The van der Waals surface area contributed by atoms with E-state index in [1.165, 1.54) is 0 Å². The number of aliphatic carboxylic acids is 1. The van der Waals surface area contributed by atoms with Gasteiger partial charge in [0.2, 0.25) is 5.91 Å². The first kappa shape index (κ1) is 16.2. The number of nitrogens with zero attached hydrogens (tertiary/aromatic N) is 1. The molecule has 110 valence electrons. The third-order valence-corrected chi connectivity index (χ3v) is 3.48. The van der Waals surface area contributed by atoms with Crippen LogP contribution in [0.25, 0.3) is 0 Å². The summed E-state index contributed by atoms with van der Waals surface area (Å²) in [5.74, 6) is -0.930. The molecule has 0 saturated carbocycles. The number of hydrogen-bond acceptors (Lipinski definition) is 2. The molecule has 0 aliphatic rings. The number of hydrogen-bond donors (Lipinski definition) is 1. The van der Waals surface area contributed by atoms with Crippen LogP contribution in [0.15, 0.2) is 30.3 Å². The molecule has 0 bridgehead atoms. The predicted molar refractivity (Wildman–Crippen MR) is 78.6 cm³/mol. The predicted octanol–water partition coefficient (Wildman–Crippen LogP) is 2.68. The fourth-order valence-electron chi connectivity index (χ4n) is 2.15. The molecule has 1 rings (SSSR count). The lowest BCUT2D eigenvalue weighted by molar-refractivity contribution is -0.141. The Morgan fingerprint density at radius 3 is 2.20 bits per heavy atom. The van der Waals surface area contributed by atoms with E-state index in [0.29, 0.717) is 0 Å². The van der Waals surface area contributed by atoms with E-state index < -0.39 is 11.4 Å². The fourth-order valence-corrected chi connectivity index (χ4v) is 2.15. The van der Waals surface area contributed by atoms with Crippen molar-refractivity contribution in [3.63, 3.8) is 0 Å². The maximum absolute atomic E-state index is 12.8. The average molecular weight is 277 g/mol. The van der Waals surface area contributed by atoms with Crippen molar-refractivity contribution in [1.29, 1.82) is 0 Å². The van der Waals surface area contributed by atoms with E-state index in [1.807, 2.05) is 58.0 Å². The summed E-state index contributed by atoms with van der Waals surface area (Å²) < 4.78 is 0. The second kappa shape index (κ2) is 6.55. The van der Waals surface area contributed by atoms with Crippen LogP contribution in [0.2, 0.25) is 0 Å². The standard InChI is InChI=1S/C16H23NO3/c1-12(2)17(11-10-14(18)19)15(20)16(3,4)13-8-6-5-7-9-13/h5-9,12H,10-11H2,1-4H3,(H,18,19). The zero-order chi connectivity index (χ0) is 15.3. The second-order valence-electron chi connectivity index (χ2n) is 5.73. The molecule has 0 fully saturated rings. The Balaban J connectivity index is 2.96. The van der Waals surface area contributed by atoms with Crippen LogP contribution in [-0.2, 0) is 15.0 Å². The van der Waals surface area contributed by atoms with E-state index >= 15 is 0 Å². The molecule has 0 aliphatic carbocycles. The van der Waals surface area contributed by atoms with Gasteiger partial charge in [0.05, 0.1) is 11.8 Å². The Labute approximate surface area is 120 Å². The monoisotopic (exact) mass is 277 g/mol. The van der Waals surface area contributed by atoms with Gasteiger partial charge in [-0.3, -0.25) is 9.59 Å². The lowest BCUT2D eigenvalue weighted by atomic mass is 9.83. The van der Waals surface area contributed by atoms with E-state index in [9.17, 15) is 9.59 Å². The van der Waals surface area contributed by atoms with Gasteiger partial charge in [-0.1, -0.05) is 30.3 Å². The molecule has 0 unspecified atom stereocenters. The van der Waals surface area contributed by atoms with Crippen LogP contribution in [0.4, 0.5) is 0 Å². The van der Waals surface area contributed by atoms with Gasteiger partial charge < -0.3 is 10.0 Å². The number of benzene rings is 1. The van der Waals surface area contributed by atoms with Crippen molar-refractivity contribution in [1.82, 2.24) is 4.90 Å². The van der Waals surface area contributed by atoms with Crippen molar-refractivity contribution in [2.24, 2.45) is 0 Å². The molecule has 0 heterocycles. The summed E-state index contributed by atoms with van der Waals surface area (Å²) in [7, 11) is 0. The Morgan fingerprint density at radius 1 is 1.20 bits per heavy atom. The maximum atomic E-state index is 12.8. The van der Waals surface area contributed by atoms with Gasteiger partial charge >= 0.3 is 5.97 Å². The molecule has 1 amide bonds. The molecule has 4 heteroatoms. The lowest BCUT2D eigenvalue weighted by Gasteiger charge is -2.34. The highest BCUT2D eigenvalue weighted by Crippen LogP contribution is 2.26. The quantitative estimate of drug-likeness (QED) is 0.869. The molecule has 0 saturated heterocycles. The van der Waals surface area contributed by atoms with E-state index in [-0.39, 0.29) is 24.9 Å². The number of rotatable bonds is 6. The van der Waals surface area contributed by atoms with Gasteiger partial charge in [0.1, 0.15) is 0 Å². The smallest absolute Gasteiger partial charge is 0.305 e. The van der Waals surface area contributed by atoms with Gasteiger partial charge in [0, 0.05) is 12.6 Å². The number of carbonyl (C=O) groups is 2. The Kier molecular flexibility index (Phi) is 5.31. The molecule has 0 aromatic heterocycles. The van der Waals surface area contributed by atoms with Gasteiger partial charge in [0.25, 0.3) is 0 Å². The van der Waals surface area contributed by atoms with Crippen molar-refractivity contribution in [3.05, 3.63) is 35.9 Å². The van der Waals surface area contributed by atoms with Crippen LogP contribution in [0.1, 0.15) is 39.7 Å². The van der Waals surface area contributed by atoms with Crippen LogP contribution < -0.4 is 0 Å². The largest absolute Gasteiger partial charge is 0.481 e. The number of carbonyl (C=O) groups excluding carboxylic acids is 1. The van der Waals surface area contributed by atoms with E-state index in [4.69, 9.17) is 5.11 Å². The normalized spacial score (nSPS) is 11.4. The van der Waals surface area contributed by atoms with Crippen LogP contribution in [0, 0.1) is 0 Å². The SMILES string of the molecule is CC(C)N(CCC(=O)O)C(=O)C(C)(C)c1ccccc1. The van der Waals surface area contributed by atoms with Crippen molar-refractivity contribution >= 4 is 11.9 Å². The number of amides is 1. The molecule has 4 nitrogen and oxygen atoms in total. The van der Waals surface area contributed by atoms with Crippen molar-refractivity contribution in [2.75, 3.05) is 6.54 Å². The molecule has 1 aromatic carbocycles. The van der Waals surface area contributed by atoms with Gasteiger partial charge in [-0.05, 0) is 33.3 Å². The minimum absolute atomic E-state index is 0.0233. The molecule has 0 atom stereocenters. The summed E-state index contributed by atoms with van der Waals surface area (Å²) in [5.41, 5.74) is 0.273. The van der Waals surface area contributed by atoms with Gasteiger partial charge in [-0.15, -0.1) is 0 Å². The highest BCUT2D eigenvalue weighted by molar-refractivity contribution is 5.88. The topological polar surface area (TPSA) is 57.6 Å². The maximum Gasteiger partial charge on any atom is 0.305 e. The van der Waals surface area contributed by atoms with Gasteiger partial charge in [-0.25, -0.2) is 0 Å². The lowest BCUT2D eigenvalue weighted by Crippen LogP contribution is -2.47. The first-order chi connectivity index (χ1) is 9.26. The molecule has 0 aliphatic heterocycles. The Bertz CT molecular complexity index is 466. The van der Waals surface area contributed by atoms with Gasteiger partial charge in [-0.2, -0.15) is 0 Å². The number of carboxylic acids is 1. The second-order valence-corrected chi connectivity index (χ2v) is 5.73. The summed E-state index contributed by atoms with van der Waals surface area (Å²) in [6.07, 6.45) is -0.0329. The van der Waals surface area contributed by atoms with E-state index in [0.717, 1.165) is 5.56 Å². The first-order valence-corrected chi connectivity index (χ1v) is 6.85. The fraction of sp³-hybridized carbons (Fsp3) is 0.500. The van der Waals surface area contributed by atoms with Crippen LogP contribution in [0.3, 0.4) is 0 Å². The molecule has 1 N–H and O–H groups in total. The molecule has 0 spiro atoms. The molecular formula is C16H23NO3. The van der Waals surface area contributed by atoms with Crippen molar-refractivity contribution < 1.29 is 14.7 Å². The van der Waals surface area contributed by atoms with Crippen molar-refractivity contribution in [2.45, 2.75) is 45.6 Å². The highest BCUT2D eigenvalue weighted by atomic mass is 16.4. The Hall–Kier alpha value is -1.84. The molecular weight excluding hydrogens is 254 g/mol. The van der Waals surface area contributed by atoms with E-state index in [2.05, 4.69) is 0 Å². The highest BCUT2D eigenvalue weighted by Gasteiger charge is 2.34. The Morgan fingerprint density at radius 2 is 1.75 bits per heavy atom. The van der Waals surface area contributed by atoms with Crippen molar-refractivity contribution in [3.8, 4) is 0 Å². The molecule has 20 heavy (non-hydrogen) atoms. The molecule has 1 aromatic rings. The zero-order valence-electron chi connectivity index (χ0n) is 12.6. The van der Waals surface area contributed by atoms with Crippen LogP contribution in [0.5, 0.6) is 0 Å². The summed E-state index contributed by atoms with van der Waals surface area (Å²) >= 11 is 0. The summed E-state index contributed by atoms with van der Waals surface area (Å²) in [5, 5.41) is 8.81. The summed E-state index contributed by atoms with van der Waals surface area (Å²) in [4.78, 5) is 25.1. The van der Waals surface area contributed by atoms with Crippen LogP contribution in [-0.4, -0.2) is 34.5 Å². The van der Waals surface area contributed by atoms with E-state index in [1.54, 1.807) is 4.90 Å². The summed E-state index contributed by atoms with van der Waals surface area (Å²) in [6.45, 7) is 7.80. The number of carboxylic acid groups (broad SMARTS) is 1. The third kappa shape index (κ3) is 3.83. The average Bonchev–Trinajstić information content (AvgIpc) is 2.39. The van der Waals surface area contributed by atoms with Gasteiger partial charge in [0.15, 0.2) is 0 Å². The minimum Gasteiger partial charge on any atom is -0.481 e. The zero-order valence-corrected chi connectivity index (χ0v) is 12.6. The minimum atomic E-state index is -0.888.